The summed E-state index contributed by atoms with van der Waals surface area (Å²) in [7, 11) is 0. The minimum Gasteiger partial charge on any atom is -0.504 e. The van der Waals surface area contributed by atoms with Gasteiger partial charge in [0.15, 0.2) is 75.3 Å². The molecular weight excluding hydrogens is 960 g/mol. The molecule has 4 aromatic carbocycles. The highest BCUT2D eigenvalue weighted by Crippen LogP contribution is 2.61. The zero-order chi connectivity index (χ0) is 51.7. The monoisotopic (exact) mass is 992 g/mol. The number of rotatable bonds is 4. The van der Waals surface area contributed by atoms with Crippen molar-refractivity contribution in [2.45, 2.75) is 61.4 Å². The van der Waals surface area contributed by atoms with Crippen LogP contribution in [0, 0.1) is 0 Å². The summed E-state index contributed by atoms with van der Waals surface area (Å²) in [6, 6.07) is 2.44. The van der Waals surface area contributed by atoms with Crippen molar-refractivity contribution in [2.24, 2.45) is 0 Å². The van der Waals surface area contributed by atoms with Gasteiger partial charge in [0.25, 0.3) is 5.79 Å². The first-order valence-electron chi connectivity index (χ1n) is 20.2. The number of hydrogen-bond acceptors (Lipinski definition) is 27. The third-order valence-corrected chi connectivity index (χ3v) is 12.2. The van der Waals surface area contributed by atoms with E-state index in [9.17, 15) is 99.9 Å². The number of fused-ring (bicyclic) bond motifs is 3. The lowest BCUT2D eigenvalue weighted by atomic mass is 9.67. The van der Waals surface area contributed by atoms with Gasteiger partial charge in [0.1, 0.15) is 18.5 Å². The Bertz CT molecular complexity index is 3150. The average molecular weight is 993 g/mol. The van der Waals surface area contributed by atoms with Gasteiger partial charge in [0.05, 0.1) is 33.7 Å². The van der Waals surface area contributed by atoms with Gasteiger partial charge >= 0.3 is 29.8 Å². The zero-order valence-electron chi connectivity index (χ0n) is 35.4. The van der Waals surface area contributed by atoms with Crippen LogP contribution in [0.25, 0.3) is 11.1 Å². The van der Waals surface area contributed by atoms with E-state index >= 15 is 0 Å². The number of phenolic OH excluding ortho intramolecular Hbond substituents is 11. The third-order valence-electron chi connectivity index (χ3n) is 12.2. The van der Waals surface area contributed by atoms with E-state index in [1.54, 1.807) is 0 Å². The Morgan fingerprint density at radius 3 is 1.72 bits per heavy atom. The number of carbonyl (C=O) groups is 7. The number of ketones is 2. The molecule has 8 unspecified atom stereocenters. The molecule has 0 radical (unpaired) electrons. The quantitative estimate of drug-likeness (QED) is 0.0723. The highest BCUT2D eigenvalue weighted by Gasteiger charge is 2.71. The van der Waals surface area contributed by atoms with Gasteiger partial charge in [0.2, 0.25) is 29.6 Å². The molecule has 0 aromatic heterocycles. The van der Waals surface area contributed by atoms with Crippen LogP contribution in [0.5, 0.6) is 69.0 Å². The maximum Gasteiger partial charge on any atom is 0.340 e. The third kappa shape index (κ3) is 6.88. The van der Waals surface area contributed by atoms with E-state index in [2.05, 4.69) is 0 Å². The number of aliphatic hydroxyl groups is 2. The first-order chi connectivity index (χ1) is 33.3. The average Bonchev–Trinajstić information content (AvgIpc) is 3.63. The number of hydrogen-bond donors (Lipinski definition) is 13. The summed E-state index contributed by atoms with van der Waals surface area (Å²) in [6.07, 6.45) is -13.2. The lowest BCUT2D eigenvalue weighted by Crippen LogP contribution is -2.67. The van der Waals surface area contributed by atoms with Crippen molar-refractivity contribution in [3.05, 3.63) is 69.8 Å². The Morgan fingerprint density at radius 1 is 0.620 bits per heavy atom. The van der Waals surface area contributed by atoms with Crippen LogP contribution in [0.4, 0.5) is 0 Å². The summed E-state index contributed by atoms with van der Waals surface area (Å²) in [4.78, 5) is 98.4. The van der Waals surface area contributed by atoms with Crippen LogP contribution in [-0.4, -0.2) is 156 Å². The van der Waals surface area contributed by atoms with Crippen LogP contribution < -0.4 is 4.74 Å². The maximum atomic E-state index is 14.8. The SMILES string of the molecule is CC(=O)CC1(O)C(=O)C=C2C(=O)OC3C(OC(=O)c4cc(O)c(O)c(O)c4)OC4COC(=O)c5cc(O)c(O)c(O)c5-c5c(cc(O)c(O)c5O)C(=O)OC3C4OC(=O)c3cc(O)c(O)c4c3C2C1(O)O4. The van der Waals surface area contributed by atoms with Crippen molar-refractivity contribution < 1.29 is 133 Å². The number of Topliss-reactive ketones (excluding diaryl/α,β-unsaturated/α-hetero) is 1. The second kappa shape index (κ2) is 15.9. The predicted molar refractivity (Wildman–Crippen MR) is 217 cm³/mol. The van der Waals surface area contributed by atoms with Crippen molar-refractivity contribution in [3.63, 3.8) is 0 Å². The lowest BCUT2D eigenvalue weighted by molar-refractivity contribution is -0.287. The molecule has 4 aromatic rings. The van der Waals surface area contributed by atoms with Crippen LogP contribution in [0.3, 0.4) is 0 Å². The van der Waals surface area contributed by atoms with Crippen molar-refractivity contribution in [1.29, 1.82) is 0 Å². The Kier molecular flexibility index (Phi) is 10.5. The van der Waals surface area contributed by atoms with Crippen molar-refractivity contribution >= 4 is 41.4 Å². The smallest absolute Gasteiger partial charge is 0.340 e. The Labute approximate surface area is 391 Å². The summed E-state index contributed by atoms with van der Waals surface area (Å²) >= 11 is 0. The van der Waals surface area contributed by atoms with Crippen LogP contribution >= 0.6 is 0 Å². The van der Waals surface area contributed by atoms with Crippen molar-refractivity contribution in [1.82, 2.24) is 0 Å². The van der Waals surface area contributed by atoms with Gasteiger partial charge in [-0.2, -0.15) is 0 Å². The molecule has 5 aliphatic rings. The molecule has 1 fully saturated rings. The maximum absolute atomic E-state index is 14.8. The first kappa shape index (κ1) is 46.9. The molecule has 8 atom stereocenters. The van der Waals surface area contributed by atoms with E-state index in [1.807, 2.05) is 0 Å². The fraction of sp³-hybridized carbons (Fsp3) is 0.250. The van der Waals surface area contributed by atoms with E-state index in [-0.39, 0.29) is 0 Å². The second-order valence-electron chi connectivity index (χ2n) is 16.5. The van der Waals surface area contributed by atoms with E-state index in [4.69, 9.17) is 33.2 Å². The molecule has 1 saturated heterocycles. The van der Waals surface area contributed by atoms with Gasteiger partial charge in [-0.25, -0.2) is 24.0 Å². The van der Waals surface area contributed by atoms with Gasteiger partial charge < -0.3 is 99.5 Å². The molecule has 4 aliphatic heterocycles. The number of benzene rings is 4. The number of esters is 5. The van der Waals surface area contributed by atoms with Crippen LogP contribution in [0.15, 0.2) is 42.0 Å². The topological polar surface area (TPSA) is 447 Å². The predicted octanol–water partition coefficient (Wildman–Crippen LogP) is -0.0722. The van der Waals surface area contributed by atoms with Crippen molar-refractivity contribution in [3.8, 4) is 80.1 Å². The van der Waals surface area contributed by atoms with E-state index in [1.165, 1.54) is 0 Å². The molecule has 13 N–H and O–H groups in total. The summed E-state index contributed by atoms with van der Waals surface area (Å²) in [5.41, 5.74) is -11.4. The molecule has 9 rings (SSSR count). The molecule has 1 aliphatic carbocycles. The Hall–Kier alpha value is -9.21. The number of aromatic hydroxyl groups is 11. The minimum absolute atomic E-state index is 0.338. The molecule has 71 heavy (non-hydrogen) atoms. The van der Waals surface area contributed by atoms with Gasteiger partial charge in [-0.05, 0) is 43.3 Å². The van der Waals surface area contributed by atoms with Gasteiger partial charge in [0, 0.05) is 23.1 Å². The molecule has 4 heterocycles. The fourth-order valence-electron chi connectivity index (χ4n) is 8.90. The number of cyclic esters (lactones) is 1. The molecule has 27 nitrogen and oxygen atoms in total. The zero-order valence-corrected chi connectivity index (χ0v) is 35.4. The van der Waals surface area contributed by atoms with Gasteiger partial charge in [-0.3, -0.25) is 9.59 Å². The fourth-order valence-corrected chi connectivity index (χ4v) is 8.90. The van der Waals surface area contributed by atoms with Crippen LogP contribution in [0.1, 0.15) is 66.3 Å². The molecule has 4 bridgehead atoms. The summed E-state index contributed by atoms with van der Waals surface area (Å²) in [5, 5.41) is 141. The highest BCUT2D eigenvalue weighted by atomic mass is 16.7. The van der Waals surface area contributed by atoms with Crippen molar-refractivity contribution in [2.75, 3.05) is 6.61 Å². The van der Waals surface area contributed by atoms with Crippen LogP contribution in [-0.2, 0) is 42.8 Å². The normalized spacial score (nSPS) is 26.4. The largest absolute Gasteiger partial charge is 0.504 e. The molecule has 0 spiro atoms. The van der Waals surface area contributed by atoms with Gasteiger partial charge in [-0.1, -0.05) is 0 Å². The first-order valence-corrected chi connectivity index (χ1v) is 20.2. The number of ether oxygens (including phenoxy) is 7. The van der Waals surface area contributed by atoms with E-state index in [0.717, 1.165) is 6.92 Å². The molecular formula is C44H32O27. The van der Waals surface area contributed by atoms with E-state index in [0.29, 0.717) is 36.4 Å². The molecule has 0 amide bonds. The highest BCUT2D eigenvalue weighted by molar-refractivity contribution is 6.11. The Morgan fingerprint density at radius 2 is 1.13 bits per heavy atom. The Balaban J connectivity index is 1.30. The lowest BCUT2D eigenvalue weighted by Gasteiger charge is -2.45. The van der Waals surface area contributed by atoms with Crippen LogP contribution in [0.2, 0.25) is 0 Å². The number of carbonyl (C=O) groups excluding carboxylic acids is 7. The standard InChI is InChI=1S/C44H32O27/c1-10(45)8-43(63)22(51)7-15-26-25-14(6-20(50)30(55)34(25)71-44(26,43)64)40(61)67-33-21-9-65-38(59)12-4-18(48)28(53)31(56)23(12)24-13(5-19(49)29(54)32(24)57)39(60)68-35(33)36(69-41(15)62)42(66-21)70-37(58)11-2-16(46)27(52)17(47)3-11/h2-7,21,26,33,35-36,42,46-50,52-57,63-64H,8-9H2,1H3. The van der Waals surface area contributed by atoms with E-state index < -0.39 is 216 Å². The summed E-state index contributed by atoms with van der Waals surface area (Å²) in [6.45, 7) is -0.407. The minimum atomic E-state index is -3.56. The summed E-state index contributed by atoms with van der Waals surface area (Å²) < 4.78 is 39.7. The molecule has 370 valence electrons. The molecule has 27 heteroatoms. The van der Waals surface area contributed by atoms with Gasteiger partial charge in [-0.15, -0.1) is 0 Å². The summed E-state index contributed by atoms with van der Waals surface area (Å²) in [5.74, 6) is -32.4. The second-order valence-corrected chi connectivity index (χ2v) is 16.5. The number of phenols is 11. The molecule has 0 saturated carbocycles.